The standard InChI is InChI=1S/C54H71N5O12S/c1-10-33(4)42(28-46(61)44-18-14-15-23-58(44)48(62)30-69-24-25-70-41-21-19-40(20-22-41)59-51(64)35(6)36(7)52(59)65)53(66)57(9)45(32(2)3)29-47(71-37(8)60)50-56-43(31-72-50)49(63)55-39(26-34(5)54(67)68)27-38-16-12-11-13-17-38/h11-13,16-17,19-22,31-34,39,42,44-45,47H,10,14-15,18,23-30H2,1-9H3,(H,55,63)(H,67,68)/t33-,34-,39+,42-,44+,45+,47+/m0/s1. The molecule has 7 atom stereocenters. The molecule has 1 fully saturated rings. The summed E-state index contributed by atoms with van der Waals surface area (Å²) >= 11 is 1.15. The minimum atomic E-state index is -0.970. The number of imide groups is 1. The molecule has 0 unspecified atom stereocenters. The molecule has 2 aliphatic rings. The third kappa shape index (κ3) is 14.9. The number of thiazole rings is 1. The largest absolute Gasteiger partial charge is 0.491 e. The van der Waals surface area contributed by atoms with E-state index in [-0.39, 0.29) is 86.0 Å². The van der Waals surface area contributed by atoms with Gasteiger partial charge in [0.25, 0.3) is 17.7 Å². The van der Waals surface area contributed by atoms with Gasteiger partial charge in [0.1, 0.15) is 29.7 Å². The molecule has 0 bridgehead atoms. The molecule has 18 heteroatoms. The second-order valence-electron chi connectivity index (χ2n) is 19.4. The molecule has 0 spiro atoms. The number of Topliss-reactive ketones (excluding diaryl/α,β-unsaturated/α-hetero) is 1. The van der Waals surface area contributed by atoms with Crippen molar-refractivity contribution in [3.63, 3.8) is 0 Å². The Kier molecular flexibility index (Phi) is 20.8. The molecule has 2 aliphatic heterocycles. The Bertz CT molecular complexity index is 2410. The third-order valence-corrected chi connectivity index (χ3v) is 14.8. The van der Waals surface area contributed by atoms with Crippen molar-refractivity contribution in [2.75, 3.05) is 38.3 Å². The minimum Gasteiger partial charge on any atom is -0.491 e. The van der Waals surface area contributed by atoms with E-state index in [2.05, 4.69) is 10.3 Å². The van der Waals surface area contributed by atoms with Crippen LogP contribution in [-0.2, 0) is 49.5 Å². The molecule has 1 aromatic heterocycles. The van der Waals surface area contributed by atoms with Crippen molar-refractivity contribution in [3.8, 4) is 5.75 Å². The van der Waals surface area contributed by atoms with Crippen LogP contribution in [0.5, 0.6) is 5.75 Å². The first kappa shape index (κ1) is 56.6. The number of carbonyl (C=O) groups excluding carboxylic acids is 7. The zero-order valence-electron chi connectivity index (χ0n) is 43.0. The molecule has 2 aromatic carbocycles. The molecule has 1 saturated heterocycles. The van der Waals surface area contributed by atoms with Gasteiger partial charge >= 0.3 is 11.9 Å². The van der Waals surface area contributed by atoms with Crippen molar-refractivity contribution >= 4 is 64.3 Å². The Morgan fingerprint density at radius 1 is 0.917 bits per heavy atom. The van der Waals surface area contributed by atoms with Crippen LogP contribution in [0.1, 0.15) is 127 Å². The Morgan fingerprint density at radius 3 is 2.19 bits per heavy atom. The number of ketones is 1. The zero-order valence-corrected chi connectivity index (χ0v) is 43.8. The first-order valence-electron chi connectivity index (χ1n) is 24.9. The first-order valence-corrected chi connectivity index (χ1v) is 25.8. The fourth-order valence-corrected chi connectivity index (χ4v) is 10.0. The predicted octanol–water partition coefficient (Wildman–Crippen LogP) is 7.38. The number of benzene rings is 2. The topological polar surface area (TPSA) is 219 Å². The number of piperidine rings is 1. The van der Waals surface area contributed by atoms with Crippen LogP contribution in [0.4, 0.5) is 5.69 Å². The van der Waals surface area contributed by atoms with Crippen LogP contribution in [-0.4, -0.2) is 119 Å². The molecule has 17 nitrogen and oxygen atoms in total. The number of nitrogens with zero attached hydrogens (tertiary/aromatic N) is 4. The van der Waals surface area contributed by atoms with Crippen molar-refractivity contribution < 1.29 is 57.7 Å². The summed E-state index contributed by atoms with van der Waals surface area (Å²) in [6, 6.07) is 14.3. The van der Waals surface area contributed by atoms with Gasteiger partial charge in [0, 0.05) is 67.9 Å². The number of amides is 5. The Morgan fingerprint density at radius 2 is 1.58 bits per heavy atom. The fourth-order valence-electron chi connectivity index (χ4n) is 9.21. The van der Waals surface area contributed by atoms with Crippen molar-refractivity contribution in [1.29, 1.82) is 0 Å². The Balaban J connectivity index is 1.20. The number of anilines is 1. The maximum atomic E-state index is 14.7. The average molecular weight is 1010 g/mol. The van der Waals surface area contributed by atoms with Crippen LogP contribution in [0.25, 0.3) is 0 Å². The molecule has 390 valence electrons. The van der Waals surface area contributed by atoms with Crippen molar-refractivity contribution in [2.45, 2.75) is 131 Å². The number of ether oxygens (including phenoxy) is 3. The second-order valence-corrected chi connectivity index (χ2v) is 20.2. The van der Waals surface area contributed by atoms with Crippen LogP contribution in [0.2, 0.25) is 0 Å². The highest BCUT2D eigenvalue weighted by Crippen LogP contribution is 2.34. The molecule has 3 aromatic rings. The van der Waals surface area contributed by atoms with E-state index in [0.717, 1.165) is 34.6 Å². The van der Waals surface area contributed by atoms with Gasteiger partial charge in [-0.1, -0.05) is 71.4 Å². The maximum absolute atomic E-state index is 14.7. The van der Waals surface area contributed by atoms with Crippen molar-refractivity contribution in [1.82, 2.24) is 20.1 Å². The quantitative estimate of drug-likeness (QED) is 0.0456. The zero-order chi connectivity index (χ0) is 52.8. The summed E-state index contributed by atoms with van der Waals surface area (Å²) in [5.74, 6) is -4.78. The number of carboxylic acids is 1. The van der Waals surface area contributed by atoms with Gasteiger partial charge in [0.2, 0.25) is 11.8 Å². The number of likely N-dealkylation sites (tertiary alicyclic amines) is 1. The summed E-state index contributed by atoms with van der Waals surface area (Å²) in [6.45, 7) is 14.2. The molecule has 0 radical (unpaired) electrons. The van der Waals surface area contributed by atoms with Crippen LogP contribution in [0.15, 0.2) is 71.1 Å². The molecule has 2 N–H and O–H groups in total. The van der Waals surface area contributed by atoms with Crippen LogP contribution in [0, 0.1) is 23.7 Å². The highest BCUT2D eigenvalue weighted by molar-refractivity contribution is 7.09. The maximum Gasteiger partial charge on any atom is 0.306 e. The summed E-state index contributed by atoms with van der Waals surface area (Å²) in [5.41, 5.74) is 2.28. The molecule has 3 heterocycles. The Labute approximate surface area is 426 Å². The van der Waals surface area contributed by atoms with Crippen molar-refractivity contribution in [2.24, 2.45) is 23.7 Å². The molecule has 0 saturated carbocycles. The minimum absolute atomic E-state index is 0.0738. The van der Waals surface area contributed by atoms with Gasteiger partial charge in [-0.05, 0) is 87.6 Å². The summed E-state index contributed by atoms with van der Waals surface area (Å²) in [7, 11) is 1.69. The molecule has 72 heavy (non-hydrogen) atoms. The predicted molar refractivity (Wildman–Crippen MR) is 271 cm³/mol. The fraction of sp³-hybridized carbons (Fsp3) is 0.537. The summed E-state index contributed by atoms with van der Waals surface area (Å²) < 4.78 is 17.3. The van der Waals surface area contributed by atoms with Gasteiger partial charge in [-0.25, -0.2) is 9.88 Å². The highest BCUT2D eigenvalue weighted by atomic mass is 32.1. The normalized spacial score (nSPS) is 17.5. The number of aromatic nitrogens is 1. The number of carboxylic acid groups (broad SMARTS) is 1. The van der Waals surface area contributed by atoms with E-state index >= 15 is 0 Å². The summed E-state index contributed by atoms with van der Waals surface area (Å²) in [6.07, 6.45) is 2.33. The molecular formula is C54H71N5O12S. The Hall–Kier alpha value is -6.27. The molecule has 5 rings (SSSR count). The van der Waals surface area contributed by atoms with E-state index in [4.69, 9.17) is 14.2 Å². The number of nitrogens with one attached hydrogen (secondary N) is 1. The summed E-state index contributed by atoms with van der Waals surface area (Å²) in [4.78, 5) is 114. The van der Waals surface area contributed by atoms with E-state index in [1.807, 2.05) is 58.0 Å². The number of rotatable bonds is 26. The van der Waals surface area contributed by atoms with Gasteiger partial charge in [-0.15, -0.1) is 11.3 Å². The lowest BCUT2D eigenvalue weighted by molar-refractivity contribution is -0.150. The van der Waals surface area contributed by atoms with Gasteiger partial charge in [-0.2, -0.15) is 0 Å². The monoisotopic (exact) mass is 1010 g/mol. The number of carbonyl (C=O) groups is 8. The van der Waals surface area contributed by atoms with Gasteiger partial charge < -0.3 is 34.4 Å². The lowest BCUT2D eigenvalue weighted by Gasteiger charge is -2.38. The van der Waals surface area contributed by atoms with E-state index in [1.54, 1.807) is 67.3 Å². The number of aliphatic carboxylic acids is 1. The number of hydrogen-bond donors (Lipinski definition) is 2. The van der Waals surface area contributed by atoms with Crippen LogP contribution >= 0.6 is 11.3 Å². The smallest absolute Gasteiger partial charge is 0.306 e. The van der Waals surface area contributed by atoms with Crippen LogP contribution < -0.4 is 15.0 Å². The van der Waals surface area contributed by atoms with Crippen LogP contribution in [0.3, 0.4) is 0 Å². The van der Waals surface area contributed by atoms with E-state index in [9.17, 15) is 43.5 Å². The van der Waals surface area contributed by atoms with Crippen molar-refractivity contribution in [3.05, 3.63) is 87.4 Å². The molecule has 0 aliphatic carbocycles. The molecular weight excluding hydrogens is 943 g/mol. The summed E-state index contributed by atoms with van der Waals surface area (Å²) in [5, 5.41) is 14.5. The lowest BCUT2D eigenvalue weighted by atomic mass is 9.82. The number of esters is 1. The first-order chi connectivity index (χ1) is 34.2. The SMILES string of the molecule is CC[C@H](C)[C@H](CC(=O)[C@H]1CCCCN1C(=O)COCCOc1ccc(N2C(=O)C(C)=C(C)C2=O)cc1)C(=O)N(C)[C@H](C[C@@H](OC(C)=O)c1nc(C(=O)N[C@@H](Cc2ccccc2)C[C@H](C)C(=O)O)cs1)C(C)C. The van der Waals surface area contributed by atoms with E-state index in [0.29, 0.717) is 53.4 Å². The third-order valence-electron chi connectivity index (χ3n) is 13.8. The van der Waals surface area contributed by atoms with E-state index < -0.39 is 53.9 Å². The highest BCUT2D eigenvalue weighted by Gasteiger charge is 2.40. The van der Waals surface area contributed by atoms with Gasteiger partial charge in [0.05, 0.1) is 24.3 Å². The average Bonchev–Trinajstić information content (AvgIpc) is 3.93. The lowest BCUT2D eigenvalue weighted by Crippen LogP contribution is -2.51. The van der Waals surface area contributed by atoms with Gasteiger partial charge in [-0.3, -0.25) is 38.4 Å². The number of hydrogen-bond acceptors (Lipinski definition) is 13. The second kappa shape index (κ2) is 26.4. The molecule has 5 amide bonds. The van der Waals surface area contributed by atoms with E-state index in [1.165, 1.54) is 6.92 Å². The van der Waals surface area contributed by atoms with Gasteiger partial charge in [0.15, 0.2) is 11.9 Å².